The van der Waals surface area contributed by atoms with Crippen molar-refractivity contribution in [2.75, 3.05) is 13.6 Å². The van der Waals surface area contributed by atoms with Crippen LogP contribution in [0.1, 0.15) is 50.4 Å². The first-order valence-corrected chi connectivity index (χ1v) is 4.35. The van der Waals surface area contributed by atoms with Crippen LogP contribution in [0.2, 0.25) is 0 Å². The topological polar surface area (TPSA) is 93.1 Å². The maximum atomic E-state index is 11.1. The Hall–Kier alpha value is -1.92. The second kappa shape index (κ2) is 13.5. The van der Waals surface area contributed by atoms with Crippen LogP contribution in [0, 0.1) is 0 Å². The Labute approximate surface area is 121 Å². The molecule has 1 aromatic carbocycles. The van der Waals surface area contributed by atoms with Crippen LogP contribution < -0.4 is 0 Å². The van der Waals surface area contributed by atoms with Crippen LogP contribution >= 0.6 is 0 Å². The van der Waals surface area contributed by atoms with Crippen molar-refractivity contribution in [1.82, 2.24) is 0 Å². The number of ether oxygens (including phenoxy) is 2. The summed E-state index contributed by atoms with van der Waals surface area (Å²) in [6.07, 6.45) is 0. The van der Waals surface area contributed by atoms with Gasteiger partial charge in [0.25, 0.3) is 0 Å². The number of hydrogen-bond donors (Lipinski definition) is 2. The van der Waals surface area contributed by atoms with Crippen molar-refractivity contribution in [3.8, 4) is 0 Å². The average Bonchev–Trinajstić information content (AvgIpc) is 2.30. The summed E-state index contributed by atoms with van der Waals surface area (Å²) in [6.45, 7) is -1.40. The van der Waals surface area contributed by atoms with E-state index in [2.05, 4.69) is 9.47 Å². The summed E-state index contributed by atoms with van der Waals surface area (Å²) >= 11 is 0. The van der Waals surface area contributed by atoms with E-state index < -0.39 is 25.5 Å². The minimum Gasteiger partial charge on any atom is -0.435 e. The third kappa shape index (κ3) is 7.50. The fraction of sp³-hybridized carbons (Fsp3) is 0.429. The minimum atomic E-state index is -0.701. The lowest BCUT2D eigenvalue weighted by Crippen LogP contribution is -2.08. The minimum absolute atomic E-state index is 0. The Balaban J connectivity index is -0.000000320. The quantitative estimate of drug-likeness (QED) is 0.653. The van der Waals surface area contributed by atoms with Crippen LogP contribution in [0.4, 0.5) is 0 Å². The molecule has 6 heteroatoms. The average molecular weight is 290 g/mol. The van der Waals surface area contributed by atoms with E-state index in [1.165, 1.54) is 24.3 Å². The molecule has 1 rings (SSSR count). The number of carbonyl (C=O) groups is 2. The van der Waals surface area contributed by atoms with E-state index in [0.717, 1.165) is 0 Å². The lowest BCUT2D eigenvalue weighted by molar-refractivity contribution is 0.00523. The van der Waals surface area contributed by atoms with Crippen molar-refractivity contribution in [2.24, 2.45) is 0 Å². The normalized spacial score (nSPS) is 7.70. The Morgan fingerprint density at radius 1 is 0.750 bits per heavy atom. The van der Waals surface area contributed by atoms with Crippen LogP contribution in [-0.4, -0.2) is 35.7 Å². The first kappa shape index (κ1) is 26.6. The van der Waals surface area contributed by atoms with E-state index in [-0.39, 0.29) is 40.8 Å². The number of esters is 2. The lowest BCUT2D eigenvalue weighted by Gasteiger charge is -2.03. The second-order valence-corrected chi connectivity index (χ2v) is 2.70. The summed E-state index contributed by atoms with van der Waals surface area (Å²) in [6, 6.07) is 5.41. The molecule has 0 spiro atoms. The van der Waals surface area contributed by atoms with Gasteiger partial charge in [-0.05, 0) is 24.3 Å². The van der Waals surface area contributed by atoms with Gasteiger partial charge in [-0.15, -0.1) is 0 Å². The van der Waals surface area contributed by atoms with Gasteiger partial charge in [-0.3, -0.25) is 0 Å². The fourth-order valence-corrected chi connectivity index (χ4v) is 1.03. The molecule has 0 unspecified atom stereocenters. The molecular weight excluding hydrogens is 264 g/mol. The molecule has 118 valence electrons. The number of rotatable bonds is 4. The standard InChI is InChI=1S/C10H10O6.4CH4/c11-5-15-9(13)7-1-2-8(4-3-7)10(14)16-6-12;;;;/h1-4,11-12H,5-6H2;4*1H4. The van der Waals surface area contributed by atoms with Gasteiger partial charge in [-0.25, -0.2) is 9.59 Å². The number of aliphatic hydroxyl groups is 2. The number of carbonyl (C=O) groups excluding carboxylic acids is 2. The molecule has 0 aliphatic carbocycles. The SMILES string of the molecule is C.C.C.C.O=C(OCO)c1ccc(C(=O)OCO)cc1. The smallest absolute Gasteiger partial charge is 0.340 e. The highest BCUT2D eigenvalue weighted by molar-refractivity contribution is 5.93. The largest absolute Gasteiger partial charge is 0.435 e. The third-order valence-electron chi connectivity index (χ3n) is 1.75. The maximum absolute atomic E-state index is 11.1. The molecule has 0 amide bonds. The van der Waals surface area contributed by atoms with Crippen LogP contribution in [0.15, 0.2) is 24.3 Å². The Bertz CT molecular complexity index is 335. The van der Waals surface area contributed by atoms with E-state index in [1.807, 2.05) is 0 Å². The van der Waals surface area contributed by atoms with Gasteiger partial charge in [0.15, 0.2) is 13.6 Å². The summed E-state index contributed by atoms with van der Waals surface area (Å²) in [4.78, 5) is 22.2. The van der Waals surface area contributed by atoms with Crippen molar-refractivity contribution in [3.05, 3.63) is 35.4 Å². The molecule has 1 aromatic rings. The predicted octanol–water partition coefficient (Wildman–Crippen LogP) is 2.44. The van der Waals surface area contributed by atoms with E-state index >= 15 is 0 Å². The molecule has 6 nitrogen and oxygen atoms in total. The van der Waals surface area contributed by atoms with Gasteiger partial charge in [-0.2, -0.15) is 0 Å². The van der Waals surface area contributed by atoms with Gasteiger partial charge in [0.1, 0.15) is 0 Å². The van der Waals surface area contributed by atoms with Crippen LogP contribution in [0.5, 0.6) is 0 Å². The molecule has 0 atom stereocenters. The summed E-state index contributed by atoms with van der Waals surface area (Å²) < 4.78 is 8.67. The summed E-state index contributed by atoms with van der Waals surface area (Å²) in [5, 5.41) is 16.7. The zero-order chi connectivity index (χ0) is 12.0. The molecule has 0 aromatic heterocycles. The van der Waals surface area contributed by atoms with Gasteiger partial charge in [-0.1, -0.05) is 29.7 Å². The molecule has 0 saturated carbocycles. The van der Waals surface area contributed by atoms with Gasteiger partial charge < -0.3 is 19.7 Å². The van der Waals surface area contributed by atoms with E-state index in [1.54, 1.807) is 0 Å². The third-order valence-corrected chi connectivity index (χ3v) is 1.75. The molecule has 0 heterocycles. The number of benzene rings is 1. The molecular formula is C14H26O6. The van der Waals surface area contributed by atoms with E-state index in [0.29, 0.717) is 0 Å². The van der Waals surface area contributed by atoms with Crippen LogP contribution in [-0.2, 0) is 9.47 Å². The molecule has 0 saturated heterocycles. The van der Waals surface area contributed by atoms with Crippen molar-refractivity contribution in [2.45, 2.75) is 29.7 Å². The van der Waals surface area contributed by atoms with Crippen LogP contribution in [0.3, 0.4) is 0 Å². The molecule has 0 fully saturated rings. The monoisotopic (exact) mass is 290 g/mol. The van der Waals surface area contributed by atoms with Gasteiger partial charge in [0, 0.05) is 0 Å². The molecule has 0 bridgehead atoms. The Morgan fingerprint density at radius 3 is 1.20 bits per heavy atom. The van der Waals surface area contributed by atoms with Crippen molar-refractivity contribution in [3.63, 3.8) is 0 Å². The molecule has 0 aliphatic heterocycles. The number of hydrogen-bond acceptors (Lipinski definition) is 6. The maximum Gasteiger partial charge on any atom is 0.340 e. The first-order valence-electron chi connectivity index (χ1n) is 4.35. The van der Waals surface area contributed by atoms with Gasteiger partial charge in [0.05, 0.1) is 11.1 Å². The van der Waals surface area contributed by atoms with Crippen molar-refractivity contribution >= 4 is 11.9 Å². The Morgan fingerprint density at radius 2 is 1.00 bits per heavy atom. The molecule has 2 N–H and O–H groups in total. The first-order chi connectivity index (χ1) is 7.69. The van der Waals surface area contributed by atoms with Gasteiger partial charge in [0.2, 0.25) is 0 Å². The lowest BCUT2D eigenvalue weighted by atomic mass is 10.1. The molecule has 20 heavy (non-hydrogen) atoms. The molecule has 0 aliphatic rings. The van der Waals surface area contributed by atoms with Gasteiger partial charge >= 0.3 is 11.9 Å². The highest BCUT2D eigenvalue weighted by Crippen LogP contribution is 2.07. The van der Waals surface area contributed by atoms with Crippen LogP contribution in [0.25, 0.3) is 0 Å². The summed E-state index contributed by atoms with van der Waals surface area (Å²) in [5.41, 5.74) is 0.407. The zero-order valence-electron chi connectivity index (χ0n) is 8.25. The number of aliphatic hydroxyl groups excluding tert-OH is 2. The van der Waals surface area contributed by atoms with E-state index in [4.69, 9.17) is 10.2 Å². The van der Waals surface area contributed by atoms with E-state index in [9.17, 15) is 9.59 Å². The second-order valence-electron chi connectivity index (χ2n) is 2.70. The van der Waals surface area contributed by atoms with Crippen molar-refractivity contribution in [1.29, 1.82) is 0 Å². The highest BCUT2D eigenvalue weighted by Gasteiger charge is 2.09. The van der Waals surface area contributed by atoms with Crippen molar-refractivity contribution < 1.29 is 29.3 Å². The fourth-order valence-electron chi connectivity index (χ4n) is 1.03. The highest BCUT2D eigenvalue weighted by atomic mass is 16.6. The zero-order valence-corrected chi connectivity index (χ0v) is 8.25. The Kier molecular flexibility index (Phi) is 18.0. The summed E-state index contributed by atoms with van der Waals surface area (Å²) in [5.74, 6) is -1.38. The predicted molar refractivity (Wildman–Crippen MR) is 78.4 cm³/mol. The molecule has 0 radical (unpaired) electrons. The summed E-state index contributed by atoms with van der Waals surface area (Å²) in [7, 11) is 0.